The van der Waals surface area contributed by atoms with E-state index in [-0.39, 0.29) is 0 Å². The van der Waals surface area contributed by atoms with Crippen LogP contribution in [0.1, 0.15) is 0 Å². The molecular formula is C48H31N3Si. The zero-order chi connectivity index (χ0) is 34.0. The summed E-state index contributed by atoms with van der Waals surface area (Å²) in [6.45, 7) is 0. The largest absolute Gasteiger partial charge is 0.311 e. The Kier molecular flexibility index (Phi) is 5.53. The molecule has 2 aliphatic heterocycles. The highest BCUT2D eigenvalue weighted by atomic mass is 28.3. The molecule has 0 amide bonds. The quantitative estimate of drug-likeness (QED) is 0.169. The fourth-order valence-corrected chi connectivity index (χ4v) is 15.2. The molecule has 0 aliphatic carbocycles. The predicted molar refractivity (Wildman–Crippen MR) is 221 cm³/mol. The standard InChI is InChI=1S/C48H31N3Si/c1-2-15-32(16-3-1)49-39-21-6-10-25-44(39)52(45-26-11-7-22-40(45)49)46-27-12-8-23-41(46)50(42-24-9-13-28-47(42)52)33-29-30-35-37-19-14-18-36-34-17-4-5-20-38(34)51(48(36)37)43(35)31-33/h1-31H. The molecule has 0 unspecified atom stereocenters. The molecule has 0 saturated carbocycles. The molecule has 10 aromatic rings. The fraction of sp³-hybridized carbons (Fsp3) is 0. The van der Waals surface area contributed by atoms with Gasteiger partial charge in [-0.1, -0.05) is 133 Å². The van der Waals surface area contributed by atoms with Gasteiger partial charge in [-0.05, 0) is 75.3 Å². The van der Waals surface area contributed by atoms with E-state index in [1.54, 1.807) is 0 Å². The smallest absolute Gasteiger partial charge is 0.188 e. The molecule has 0 fully saturated rings. The van der Waals surface area contributed by atoms with Crippen molar-refractivity contribution in [3.05, 3.63) is 188 Å². The van der Waals surface area contributed by atoms with Crippen LogP contribution in [0.15, 0.2) is 188 Å². The van der Waals surface area contributed by atoms with Gasteiger partial charge in [0.2, 0.25) is 0 Å². The highest BCUT2D eigenvalue weighted by molar-refractivity contribution is 7.23. The van der Waals surface area contributed by atoms with Gasteiger partial charge < -0.3 is 14.2 Å². The first-order chi connectivity index (χ1) is 25.8. The highest BCUT2D eigenvalue weighted by Gasteiger charge is 2.53. The molecule has 0 radical (unpaired) electrons. The minimum absolute atomic E-state index is 1.17. The number of hydrogen-bond acceptors (Lipinski definition) is 2. The van der Waals surface area contributed by atoms with Gasteiger partial charge in [-0.3, -0.25) is 0 Å². The molecule has 4 heterocycles. The van der Waals surface area contributed by atoms with Crippen molar-refractivity contribution in [2.75, 3.05) is 9.80 Å². The Bertz CT molecular complexity index is 2960. The van der Waals surface area contributed by atoms with Gasteiger partial charge in [-0.15, -0.1) is 0 Å². The van der Waals surface area contributed by atoms with Gasteiger partial charge in [-0.2, -0.15) is 0 Å². The van der Waals surface area contributed by atoms with Crippen molar-refractivity contribution in [1.29, 1.82) is 0 Å². The molecule has 12 rings (SSSR count). The lowest BCUT2D eigenvalue weighted by atomic mass is 10.1. The number of rotatable bonds is 2. The van der Waals surface area contributed by atoms with Crippen molar-refractivity contribution in [2.45, 2.75) is 0 Å². The summed E-state index contributed by atoms with van der Waals surface area (Å²) in [4.78, 5) is 5.00. The average Bonchev–Trinajstić information content (AvgIpc) is 3.73. The third kappa shape index (κ3) is 3.40. The Morgan fingerprint density at radius 1 is 0.308 bits per heavy atom. The lowest BCUT2D eigenvalue weighted by Gasteiger charge is -2.50. The van der Waals surface area contributed by atoms with E-state index < -0.39 is 8.07 Å². The van der Waals surface area contributed by atoms with E-state index in [1.165, 1.54) is 93.0 Å². The van der Waals surface area contributed by atoms with Crippen LogP contribution in [0.25, 0.3) is 38.1 Å². The summed E-state index contributed by atoms with van der Waals surface area (Å²) >= 11 is 0. The molecule has 1 spiro atoms. The van der Waals surface area contributed by atoms with Gasteiger partial charge in [0.15, 0.2) is 8.07 Å². The van der Waals surface area contributed by atoms with E-state index in [0.29, 0.717) is 0 Å². The first-order valence-corrected chi connectivity index (χ1v) is 20.0. The second-order valence-corrected chi connectivity index (χ2v) is 17.7. The molecule has 242 valence electrons. The Morgan fingerprint density at radius 3 is 1.33 bits per heavy atom. The molecule has 52 heavy (non-hydrogen) atoms. The Hall–Kier alpha value is -6.62. The monoisotopic (exact) mass is 677 g/mol. The molecule has 2 aliphatic rings. The van der Waals surface area contributed by atoms with Gasteiger partial charge >= 0.3 is 0 Å². The van der Waals surface area contributed by atoms with E-state index in [0.717, 1.165) is 0 Å². The summed E-state index contributed by atoms with van der Waals surface area (Å²) in [5, 5.41) is 10.9. The molecule has 0 N–H and O–H groups in total. The van der Waals surface area contributed by atoms with E-state index in [4.69, 9.17) is 0 Å². The maximum absolute atomic E-state index is 2.83. The third-order valence-corrected chi connectivity index (χ3v) is 16.6. The summed E-state index contributed by atoms with van der Waals surface area (Å²) in [5.41, 5.74) is 11.2. The van der Waals surface area contributed by atoms with E-state index >= 15 is 0 Å². The summed E-state index contributed by atoms with van der Waals surface area (Å²) in [6, 6.07) is 70.3. The molecular weight excluding hydrogens is 647 g/mol. The van der Waals surface area contributed by atoms with Crippen molar-refractivity contribution in [2.24, 2.45) is 0 Å². The summed E-state index contributed by atoms with van der Waals surface area (Å²) in [5.74, 6) is 0. The normalized spacial score (nSPS) is 14.2. The Labute approximate surface area is 302 Å². The number of nitrogens with zero attached hydrogens (tertiary/aromatic N) is 3. The van der Waals surface area contributed by atoms with Crippen LogP contribution >= 0.6 is 0 Å². The zero-order valence-electron chi connectivity index (χ0n) is 28.2. The van der Waals surface area contributed by atoms with E-state index in [2.05, 4.69) is 202 Å². The van der Waals surface area contributed by atoms with Crippen LogP contribution in [0, 0.1) is 0 Å². The van der Waals surface area contributed by atoms with Crippen LogP contribution in [0.2, 0.25) is 0 Å². The second-order valence-electron chi connectivity index (χ2n) is 14.1. The molecule has 0 atom stereocenters. The van der Waals surface area contributed by atoms with Crippen molar-refractivity contribution in [1.82, 2.24) is 4.40 Å². The maximum Gasteiger partial charge on any atom is 0.188 e. The number of anilines is 6. The van der Waals surface area contributed by atoms with Gasteiger partial charge in [-0.25, -0.2) is 0 Å². The van der Waals surface area contributed by atoms with Crippen molar-refractivity contribution >= 4 is 101 Å². The number of benzene rings is 8. The molecule has 2 aromatic heterocycles. The lowest BCUT2D eigenvalue weighted by molar-refractivity contribution is 1.27. The summed E-state index contributed by atoms with van der Waals surface area (Å²) in [7, 11) is -2.83. The lowest BCUT2D eigenvalue weighted by Crippen LogP contribution is -2.79. The van der Waals surface area contributed by atoms with Crippen LogP contribution < -0.4 is 30.5 Å². The third-order valence-electron chi connectivity index (χ3n) is 11.7. The van der Waals surface area contributed by atoms with Crippen LogP contribution in [-0.4, -0.2) is 12.5 Å². The first-order valence-electron chi connectivity index (χ1n) is 18.0. The zero-order valence-corrected chi connectivity index (χ0v) is 29.2. The minimum Gasteiger partial charge on any atom is -0.311 e. The molecule has 8 aromatic carbocycles. The Balaban J connectivity index is 1.17. The SMILES string of the molecule is c1ccc(N2c3ccccc3[Si]3(c4ccccc42)c2ccccc2N(c2ccc4c5cccc6c7ccccc7n(c4c2)c65)c2ccccc23)cc1. The highest BCUT2D eigenvalue weighted by Crippen LogP contribution is 2.46. The summed E-state index contributed by atoms with van der Waals surface area (Å²) in [6.07, 6.45) is 0. The predicted octanol–water partition coefficient (Wildman–Crippen LogP) is 9.78. The second kappa shape index (κ2) is 10.2. The number of hydrogen-bond donors (Lipinski definition) is 0. The Morgan fingerprint density at radius 2 is 0.750 bits per heavy atom. The van der Waals surface area contributed by atoms with Crippen LogP contribution in [-0.2, 0) is 0 Å². The van der Waals surface area contributed by atoms with Crippen LogP contribution in [0.3, 0.4) is 0 Å². The van der Waals surface area contributed by atoms with Crippen molar-refractivity contribution in [3.8, 4) is 0 Å². The number of fused-ring (bicyclic) bond motifs is 14. The summed E-state index contributed by atoms with van der Waals surface area (Å²) < 4.78 is 2.49. The van der Waals surface area contributed by atoms with Crippen LogP contribution in [0.4, 0.5) is 34.1 Å². The van der Waals surface area contributed by atoms with Gasteiger partial charge in [0.25, 0.3) is 0 Å². The first kappa shape index (κ1) is 28.1. The van der Waals surface area contributed by atoms with E-state index in [9.17, 15) is 0 Å². The molecule has 3 nitrogen and oxygen atoms in total. The fourth-order valence-electron chi connectivity index (χ4n) is 9.76. The minimum atomic E-state index is -2.83. The maximum atomic E-state index is 2.53. The average molecular weight is 678 g/mol. The molecule has 0 saturated heterocycles. The van der Waals surface area contributed by atoms with Crippen molar-refractivity contribution < 1.29 is 0 Å². The topological polar surface area (TPSA) is 10.9 Å². The number of para-hydroxylation sites is 7. The van der Waals surface area contributed by atoms with Gasteiger partial charge in [0.05, 0.1) is 16.6 Å². The molecule has 0 bridgehead atoms. The number of aromatic nitrogens is 1. The van der Waals surface area contributed by atoms with Crippen LogP contribution in [0.5, 0.6) is 0 Å². The molecule has 4 heteroatoms. The van der Waals surface area contributed by atoms with Gasteiger partial charge in [0, 0.05) is 55.7 Å². The van der Waals surface area contributed by atoms with Crippen molar-refractivity contribution in [3.63, 3.8) is 0 Å². The van der Waals surface area contributed by atoms with Gasteiger partial charge in [0.1, 0.15) is 0 Å². The van der Waals surface area contributed by atoms with E-state index in [1.807, 2.05) is 0 Å².